The molecule has 0 atom stereocenters. The Hall–Kier alpha value is 3.20. The van der Waals surface area contributed by atoms with Crippen molar-refractivity contribution in [2.24, 2.45) is 0 Å². The van der Waals surface area contributed by atoms with Crippen LogP contribution in [0.4, 0.5) is 0 Å². The molecule has 2 N–H and O–H groups in total. The number of hydrogen-bond donors (Lipinski definition) is 0. The van der Waals surface area contributed by atoms with Crippen LogP contribution in [0.5, 0.6) is 0 Å². The predicted octanol–water partition coefficient (Wildman–Crippen LogP) is -19.2. The van der Waals surface area contributed by atoms with Gasteiger partial charge in [0.15, 0.2) is 0 Å². The standard InChI is InChI=1S/2CH2O3.CO2.5Na.H2O.H/c2*2-1-4-3;2-1-3;;;;;;;/h2*1,3H;;;;;;;1H2;/q;;;5*+1;;-1. The van der Waals surface area contributed by atoms with Crippen molar-refractivity contribution in [3.63, 3.8) is 0 Å². The zero-order valence-corrected chi connectivity index (χ0v) is 20.4. The van der Waals surface area contributed by atoms with Crippen LogP contribution in [0.2, 0.25) is 0 Å². The molecule has 74 valence electrons. The molecule has 0 aliphatic heterocycles. The molecule has 17 heavy (non-hydrogen) atoms. The summed E-state index contributed by atoms with van der Waals surface area (Å²) in [5.41, 5.74) is 0. The third-order valence-electron chi connectivity index (χ3n) is 0.0786. The van der Waals surface area contributed by atoms with Crippen molar-refractivity contribution in [1.82, 2.24) is 0 Å². The average molecular weight is 302 g/mol. The van der Waals surface area contributed by atoms with E-state index in [4.69, 9.17) is 29.7 Å². The van der Waals surface area contributed by atoms with Crippen LogP contribution in [0.1, 0.15) is 4.28 Å². The van der Waals surface area contributed by atoms with E-state index in [2.05, 4.69) is 9.78 Å². The Balaban J connectivity index is -0.00000000394. The van der Waals surface area contributed by atoms with Gasteiger partial charge in [0, 0.05) is 0 Å². The molecule has 0 saturated heterocycles. The van der Waals surface area contributed by atoms with E-state index < -0.39 is 0 Å². The van der Waals surface area contributed by atoms with Crippen molar-refractivity contribution in [3.8, 4) is 0 Å². The number of hydrogen-bond acceptors (Lipinski definition) is 8. The van der Waals surface area contributed by atoms with Crippen molar-refractivity contribution in [3.05, 3.63) is 0 Å². The van der Waals surface area contributed by atoms with Crippen LogP contribution in [-0.2, 0) is 29.0 Å². The first-order chi connectivity index (χ1) is 5.24. The molecule has 0 aromatic rings. The van der Waals surface area contributed by atoms with Gasteiger partial charge in [0.1, 0.15) is 0 Å². The topological polar surface area (TPSA) is 164 Å². The number of carbonyl (C=O) groups excluding carboxylic acids is 4. The summed E-state index contributed by atoms with van der Waals surface area (Å²) in [6.45, 7) is -0.361. The van der Waals surface area contributed by atoms with Gasteiger partial charge in [0.05, 0.1) is 0 Å². The summed E-state index contributed by atoms with van der Waals surface area (Å²) in [7, 11) is 0. The second-order valence-electron chi connectivity index (χ2n) is 0.468. The monoisotopic (exact) mass is 302 g/mol. The molecular weight excluding hydrogens is 295 g/mol. The summed E-state index contributed by atoms with van der Waals surface area (Å²) in [6, 6.07) is 0. The largest absolute Gasteiger partial charge is 1.00 e. The van der Waals surface area contributed by atoms with Crippen LogP contribution in [0.25, 0.3) is 0 Å². The third-order valence-corrected chi connectivity index (χ3v) is 0.0786. The quantitative estimate of drug-likeness (QED) is 0.210. The Morgan fingerprint density at radius 2 is 0.941 bits per heavy atom. The molecule has 0 aromatic heterocycles. The van der Waals surface area contributed by atoms with Crippen molar-refractivity contribution < 1.29 is 197 Å². The molecule has 0 radical (unpaired) electrons. The van der Waals surface area contributed by atoms with Crippen LogP contribution < -0.4 is 158 Å². The maximum Gasteiger partial charge on any atom is 1.00 e. The van der Waals surface area contributed by atoms with E-state index in [9.17, 15) is 0 Å². The minimum Gasteiger partial charge on any atom is -1.00 e. The molecule has 0 fully saturated rings. The van der Waals surface area contributed by atoms with Crippen LogP contribution in [0, 0.1) is 0 Å². The van der Waals surface area contributed by atoms with Crippen LogP contribution >= 0.6 is 0 Å². The van der Waals surface area contributed by atoms with Crippen molar-refractivity contribution in [2.75, 3.05) is 0 Å². The van der Waals surface area contributed by atoms with Gasteiger partial charge >= 0.3 is 157 Å². The fourth-order valence-corrected chi connectivity index (χ4v) is 0. The fourth-order valence-electron chi connectivity index (χ4n) is 0. The van der Waals surface area contributed by atoms with Gasteiger partial charge in [-0.1, -0.05) is 0 Å². The fraction of sp³-hybridized carbons (Fsp3) is 0. The van der Waals surface area contributed by atoms with Crippen LogP contribution in [0.3, 0.4) is 0 Å². The van der Waals surface area contributed by atoms with Crippen molar-refractivity contribution >= 4 is 19.1 Å². The van der Waals surface area contributed by atoms with E-state index in [0.29, 0.717) is 0 Å². The van der Waals surface area contributed by atoms with E-state index >= 15 is 0 Å². The van der Waals surface area contributed by atoms with E-state index in [1.807, 2.05) is 0 Å². The second-order valence-corrected chi connectivity index (χ2v) is 0.468. The summed E-state index contributed by atoms with van der Waals surface area (Å²) in [4.78, 5) is 38.8. The molecule has 0 heterocycles. The van der Waals surface area contributed by atoms with E-state index in [1.165, 1.54) is 0 Å². The van der Waals surface area contributed by atoms with Gasteiger partial charge in [0.25, 0.3) is 12.9 Å². The third kappa shape index (κ3) is 210. The Kier molecular flexibility index (Phi) is 330. The summed E-state index contributed by atoms with van der Waals surface area (Å²) < 4.78 is 0. The first kappa shape index (κ1) is 59.4. The molecule has 9 nitrogen and oxygen atoms in total. The van der Waals surface area contributed by atoms with Gasteiger partial charge < -0.3 is 27.2 Å². The van der Waals surface area contributed by atoms with Crippen LogP contribution in [-0.4, -0.2) is 24.6 Å². The molecule has 0 spiro atoms. The summed E-state index contributed by atoms with van der Waals surface area (Å²) >= 11 is 0. The maximum atomic E-state index is 8.64. The minimum absolute atomic E-state index is 0. The zero-order chi connectivity index (χ0) is 9.54. The molecule has 0 aliphatic rings. The molecule has 0 aromatic carbocycles. The normalized spacial score (nSPS) is 2.94. The van der Waals surface area contributed by atoms with Gasteiger partial charge in [-0.2, -0.15) is 9.59 Å². The molecule has 0 rings (SSSR count). The number of rotatable bonds is 2. The Bertz CT molecular complexity index is 121. The van der Waals surface area contributed by atoms with Crippen LogP contribution in [0.15, 0.2) is 0 Å². The van der Waals surface area contributed by atoms with E-state index in [-0.39, 0.29) is 177 Å². The molecule has 0 unspecified atom stereocenters. The summed E-state index contributed by atoms with van der Waals surface area (Å²) in [5.74, 6) is 0. The number of carbonyl (C=O) groups is 2. The Morgan fingerprint density at radius 1 is 0.882 bits per heavy atom. The Labute approximate surface area is 212 Å². The van der Waals surface area contributed by atoms with Gasteiger partial charge in [-0.3, -0.25) is 9.59 Å². The molecule has 0 amide bonds. The second kappa shape index (κ2) is 94.6. The van der Waals surface area contributed by atoms with Gasteiger partial charge in [0.2, 0.25) is 0 Å². The molecule has 14 heteroatoms. The van der Waals surface area contributed by atoms with Gasteiger partial charge in [-0.15, -0.1) is 0 Å². The Morgan fingerprint density at radius 3 is 0.941 bits per heavy atom. The minimum atomic E-state index is -0.181. The molecular formula is C3H7Na5O9+4. The smallest absolute Gasteiger partial charge is 1.00 e. The zero-order valence-electron chi connectivity index (χ0n) is 13.4. The van der Waals surface area contributed by atoms with E-state index in [0.717, 1.165) is 0 Å². The van der Waals surface area contributed by atoms with Gasteiger partial charge in [-0.05, 0) is 0 Å². The predicted molar refractivity (Wildman–Crippen MR) is 26.3 cm³/mol. The van der Waals surface area contributed by atoms with Crippen molar-refractivity contribution in [1.29, 1.82) is 0 Å². The van der Waals surface area contributed by atoms with Gasteiger partial charge in [-0.25, -0.2) is 0 Å². The SMILES string of the molecule is O.O=C=O.O=CO[O-].O=CO[O-].[H+].[H+].[H-].[Na+].[Na+].[Na+].[Na+].[Na+]. The maximum absolute atomic E-state index is 8.64. The summed E-state index contributed by atoms with van der Waals surface area (Å²) in [6.07, 6.45) is 0.250. The molecule has 0 saturated carbocycles. The average Bonchev–Trinajstić information content (AvgIpc) is 2.06. The van der Waals surface area contributed by atoms with E-state index in [1.54, 1.807) is 0 Å². The molecule has 0 aliphatic carbocycles. The first-order valence-corrected chi connectivity index (χ1v) is 1.68. The van der Waals surface area contributed by atoms with Crippen molar-refractivity contribution in [2.45, 2.75) is 0 Å². The summed E-state index contributed by atoms with van der Waals surface area (Å²) in [5, 5.41) is 16.9. The molecule has 0 bridgehead atoms. The first-order valence-electron chi connectivity index (χ1n) is 1.68.